The first-order valence-corrected chi connectivity index (χ1v) is 9.42. The van der Waals surface area contributed by atoms with E-state index in [0.717, 1.165) is 30.0 Å². The zero-order valence-corrected chi connectivity index (χ0v) is 15.6. The lowest BCUT2D eigenvalue weighted by molar-refractivity contribution is -0.121. The number of nitrogens with one attached hydrogen (secondary N) is 2. The summed E-state index contributed by atoms with van der Waals surface area (Å²) in [5.41, 5.74) is 1.30. The van der Waals surface area contributed by atoms with Gasteiger partial charge in [0.05, 0.1) is 29.8 Å². The molecule has 2 atom stereocenters. The molecule has 3 rings (SSSR count). The molecule has 8 heteroatoms. The van der Waals surface area contributed by atoms with Gasteiger partial charge >= 0.3 is 0 Å². The van der Waals surface area contributed by atoms with Crippen LogP contribution in [0.2, 0.25) is 0 Å². The summed E-state index contributed by atoms with van der Waals surface area (Å²) in [5.74, 6) is 0.294. The SMILES string of the molecule is COc1ccc(C(=O)NC2CCC(NC(=O)Cc3csc(C)n3)C2)cn1. The highest BCUT2D eigenvalue weighted by atomic mass is 32.1. The molecular formula is C18H22N4O3S. The van der Waals surface area contributed by atoms with Gasteiger partial charge in [0.2, 0.25) is 11.8 Å². The predicted octanol–water partition coefficient (Wildman–Crippen LogP) is 1.86. The van der Waals surface area contributed by atoms with Crippen LogP contribution in [0.25, 0.3) is 0 Å². The van der Waals surface area contributed by atoms with Crippen LogP contribution in [0, 0.1) is 6.92 Å². The lowest BCUT2D eigenvalue weighted by Crippen LogP contribution is -2.37. The molecule has 2 aromatic rings. The number of rotatable bonds is 6. The van der Waals surface area contributed by atoms with Gasteiger partial charge in [-0.15, -0.1) is 11.3 Å². The highest BCUT2D eigenvalue weighted by Gasteiger charge is 2.27. The zero-order valence-electron chi connectivity index (χ0n) is 14.8. The molecule has 2 amide bonds. The lowest BCUT2D eigenvalue weighted by Gasteiger charge is -2.14. The average molecular weight is 374 g/mol. The van der Waals surface area contributed by atoms with E-state index in [4.69, 9.17) is 4.74 Å². The third-order valence-corrected chi connectivity index (χ3v) is 5.17. The minimum absolute atomic E-state index is 0.0216. The second-order valence-corrected chi connectivity index (χ2v) is 7.43. The average Bonchev–Trinajstić information content (AvgIpc) is 3.23. The summed E-state index contributed by atoms with van der Waals surface area (Å²) in [6, 6.07) is 3.48. The van der Waals surface area contributed by atoms with E-state index in [1.54, 1.807) is 23.5 Å². The molecule has 1 aliphatic carbocycles. The molecule has 0 aromatic carbocycles. The van der Waals surface area contributed by atoms with E-state index in [9.17, 15) is 9.59 Å². The molecule has 2 N–H and O–H groups in total. The smallest absolute Gasteiger partial charge is 0.253 e. The van der Waals surface area contributed by atoms with Crippen molar-refractivity contribution in [1.82, 2.24) is 20.6 Å². The number of methoxy groups -OCH3 is 1. The number of amides is 2. The second-order valence-electron chi connectivity index (χ2n) is 6.37. The third kappa shape index (κ3) is 4.78. The first-order valence-electron chi connectivity index (χ1n) is 8.54. The van der Waals surface area contributed by atoms with Gasteiger partial charge < -0.3 is 15.4 Å². The molecule has 138 valence electrons. The molecule has 2 aromatic heterocycles. The van der Waals surface area contributed by atoms with Gasteiger partial charge in [0.25, 0.3) is 5.91 Å². The Labute approximate surface area is 156 Å². The molecule has 1 aliphatic rings. The van der Waals surface area contributed by atoms with Crippen molar-refractivity contribution in [2.75, 3.05) is 7.11 Å². The molecule has 0 aliphatic heterocycles. The molecule has 2 unspecified atom stereocenters. The normalized spacial score (nSPS) is 19.2. The number of aromatic nitrogens is 2. The summed E-state index contributed by atoms with van der Waals surface area (Å²) in [6.45, 7) is 1.93. The zero-order chi connectivity index (χ0) is 18.5. The van der Waals surface area contributed by atoms with Gasteiger partial charge in [0, 0.05) is 29.7 Å². The van der Waals surface area contributed by atoms with E-state index >= 15 is 0 Å². The van der Waals surface area contributed by atoms with Crippen molar-refractivity contribution in [3.05, 3.63) is 40.0 Å². The molecule has 7 nitrogen and oxygen atoms in total. The van der Waals surface area contributed by atoms with Gasteiger partial charge in [-0.25, -0.2) is 9.97 Å². The minimum atomic E-state index is -0.157. The summed E-state index contributed by atoms with van der Waals surface area (Å²) in [6.07, 6.45) is 4.23. The monoisotopic (exact) mass is 374 g/mol. The summed E-state index contributed by atoms with van der Waals surface area (Å²) in [4.78, 5) is 32.8. The quantitative estimate of drug-likeness (QED) is 0.805. The number of pyridine rings is 1. The van der Waals surface area contributed by atoms with E-state index in [0.29, 0.717) is 17.9 Å². The fourth-order valence-electron chi connectivity index (χ4n) is 3.08. The Bertz CT molecular complexity index is 775. The maximum Gasteiger partial charge on any atom is 0.253 e. The number of hydrogen-bond donors (Lipinski definition) is 2. The van der Waals surface area contributed by atoms with Crippen LogP contribution in [0.3, 0.4) is 0 Å². The molecule has 26 heavy (non-hydrogen) atoms. The number of carbonyl (C=O) groups is 2. The Balaban J connectivity index is 1.45. The van der Waals surface area contributed by atoms with Gasteiger partial charge in [0.15, 0.2) is 0 Å². The number of aryl methyl sites for hydroxylation is 1. The molecular weight excluding hydrogens is 352 g/mol. The van der Waals surface area contributed by atoms with Gasteiger partial charge in [-0.05, 0) is 32.3 Å². The summed E-state index contributed by atoms with van der Waals surface area (Å²) >= 11 is 1.54. The maximum atomic E-state index is 12.3. The Hall–Kier alpha value is -2.48. The third-order valence-electron chi connectivity index (χ3n) is 4.35. The lowest BCUT2D eigenvalue weighted by atomic mass is 10.2. The molecule has 0 spiro atoms. The first-order chi connectivity index (χ1) is 12.5. The standard InChI is InChI=1S/C18H22N4O3S/c1-11-20-15(10-26-11)8-16(23)21-13-4-5-14(7-13)22-18(24)12-3-6-17(25-2)19-9-12/h3,6,9-10,13-14H,4-5,7-8H2,1-2H3,(H,21,23)(H,22,24). The van der Waals surface area contributed by atoms with Crippen molar-refractivity contribution in [2.24, 2.45) is 0 Å². The van der Waals surface area contributed by atoms with Crippen LogP contribution in [0.1, 0.15) is 40.3 Å². The van der Waals surface area contributed by atoms with Crippen molar-refractivity contribution in [3.63, 3.8) is 0 Å². The number of thiazole rings is 1. The van der Waals surface area contributed by atoms with Crippen LogP contribution in [0.5, 0.6) is 5.88 Å². The molecule has 1 saturated carbocycles. The fourth-order valence-corrected chi connectivity index (χ4v) is 3.69. The molecule has 2 heterocycles. The maximum absolute atomic E-state index is 12.3. The fraction of sp³-hybridized carbons (Fsp3) is 0.444. The largest absolute Gasteiger partial charge is 0.481 e. The molecule has 1 fully saturated rings. The van der Waals surface area contributed by atoms with E-state index in [-0.39, 0.29) is 23.9 Å². The van der Waals surface area contributed by atoms with Crippen LogP contribution in [-0.4, -0.2) is 41.0 Å². The summed E-state index contributed by atoms with van der Waals surface area (Å²) in [5, 5.41) is 8.92. The van der Waals surface area contributed by atoms with Crippen LogP contribution >= 0.6 is 11.3 Å². The first kappa shape index (κ1) is 18.3. The Kier molecular flexibility index (Phi) is 5.82. The molecule has 0 bridgehead atoms. The topological polar surface area (TPSA) is 93.2 Å². The Morgan fingerprint density at radius 1 is 1.27 bits per heavy atom. The summed E-state index contributed by atoms with van der Waals surface area (Å²) in [7, 11) is 1.53. The minimum Gasteiger partial charge on any atom is -0.481 e. The van der Waals surface area contributed by atoms with Gasteiger partial charge in [-0.1, -0.05) is 0 Å². The van der Waals surface area contributed by atoms with Crippen LogP contribution < -0.4 is 15.4 Å². The highest BCUT2D eigenvalue weighted by molar-refractivity contribution is 7.09. The number of nitrogens with zero attached hydrogens (tertiary/aromatic N) is 2. The van der Waals surface area contributed by atoms with E-state index < -0.39 is 0 Å². The molecule has 0 radical (unpaired) electrons. The molecule has 0 saturated heterocycles. The van der Waals surface area contributed by atoms with Crippen molar-refractivity contribution >= 4 is 23.2 Å². The summed E-state index contributed by atoms with van der Waals surface area (Å²) < 4.78 is 4.99. The number of hydrogen-bond acceptors (Lipinski definition) is 6. The van der Waals surface area contributed by atoms with Gasteiger partial charge in [0.1, 0.15) is 0 Å². The van der Waals surface area contributed by atoms with Crippen molar-refractivity contribution in [1.29, 1.82) is 0 Å². The van der Waals surface area contributed by atoms with E-state index in [2.05, 4.69) is 20.6 Å². The Morgan fingerprint density at radius 2 is 2.04 bits per heavy atom. The number of carbonyl (C=O) groups excluding carboxylic acids is 2. The van der Waals surface area contributed by atoms with E-state index in [1.165, 1.54) is 13.3 Å². The van der Waals surface area contributed by atoms with Gasteiger partial charge in [-0.3, -0.25) is 9.59 Å². The second kappa shape index (κ2) is 8.27. The van der Waals surface area contributed by atoms with Crippen molar-refractivity contribution < 1.29 is 14.3 Å². The van der Waals surface area contributed by atoms with Crippen LogP contribution in [0.4, 0.5) is 0 Å². The van der Waals surface area contributed by atoms with Crippen LogP contribution in [-0.2, 0) is 11.2 Å². The van der Waals surface area contributed by atoms with Gasteiger partial charge in [-0.2, -0.15) is 0 Å². The number of ether oxygens (including phenoxy) is 1. The Morgan fingerprint density at radius 3 is 2.65 bits per heavy atom. The van der Waals surface area contributed by atoms with Crippen LogP contribution in [0.15, 0.2) is 23.7 Å². The highest BCUT2D eigenvalue weighted by Crippen LogP contribution is 2.20. The van der Waals surface area contributed by atoms with E-state index in [1.807, 2.05) is 12.3 Å². The van der Waals surface area contributed by atoms with Crippen molar-refractivity contribution in [3.8, 4) is 5.88 Å². The van der Waals surface area contributed by atoms with Crippen molar-refractivity contribution in [2.45, 2.75) is 44.7 Å². The predicted molar refractivity (Wildman–Crippen MR) is 98.4 cm³/mol.